The number of halogens is 1. The number of guanidine groups is 1. The zero-order valence-corrected chi connectivity index (χ0v) is 17.5. The normalized spacial score (nSPS) is 20.3. The van der Waals surface area contributed by atoms with Gasteiger partial charge in [0.2, 0.25) is 0 Å². The first-order valence-corrected chi connectivity index (χ1v) is 8.94. The molecule has 0 spiro atoms. The van der Waals surface area contributed by atoms with Crippen molar-refractivity contribution in [2.24, 2.45) is 4.99 Å². The summed E-state index contributed by atoms with van der Waals surface area (Å²) >= 11 is 0. The summed E-state index contributed by atoms with van der Waals surface area (Å²) in [6.45, 7) is 5.44. The molecular formula is C17H29IN6O. The van der Waals surface area contributed by atoms with Gasteiger partial charge in [-0.25, -0.2) is 9.67 Å². The molecule has 1 aromatic heterocycles. The van der Waals surface area contributed by atoms with Gasteiger partial charge in [-0.15, -0.1) is 24.0 Å². The minimum absolute atomic E-state index is 0. The predicted molar refractivity (Wildman–Crippen MR) is 110 cm³/mol. The highest BCUT2D eigenvalue weighted by atomic mass is 127. The lowest BCUT2D eigenvalue weighted by atomic mass is 10.1. The summed E-state index contributed by atoms with van der Waals surface area (Å²) in [5.41, 5.74) is 1.47. The second kappa shape index (κ2) is 10.1. The first kappa shape index (κ1) is 20.2. The number of ether oxygens (including phenoxy) is 1. The van der Waals surface area contributed by atoms with Crippen LogP contribution in [-0.4, -0.2) is 53.6 Å². The first-order chi connectivity index (χ1) is 11.8. The average Bonchev–Trinajstić information content (AvgIpc) is 3.04. The van der Waals surface area contributed by atoms with Gasteiger partial charge in [-0.1, -0.05) is 18.6 Å². The lowest BCUT2D eigenvalue weighted by molar-refractivity contribution is 0.153. The van der Waals surface area contributed by atoms with Gasteiger partial charge in [0.05, 0.1) is 19.8 Å². The van der Waals surface area contributed by atoms with Crippen LogP contribution in [0.3, 0.4) is 0 Å². The molecule has 1 aromatic rings. The van der Waals surface area contributed by atoms with Crippen molar-refractivity contribution in [3.63, 3.8) is 0 Å². The number of aryl methyl sites for hydroxylation is 2. The molecule has 1 atom stereocenters. The molecule has 2 N–H and O–H groups in total. The molecule has 1 unspecified atom stereocenters. The fraction of sp³-hybridized carbons (Fsp3) is 0.706. The van der Waals surface area contributed by atoms with Crippen molar-refractivity contribution in [1.29, 1.82) is 0 Å². The average molecular weight is 460 g/mol. The van der Waals surface area contributed by atoms with Crippen molar-refractivity contribution in [3.05, 3.63) is 23.3 Å². The molecule has 0 fully saturated rings. The van der Waals surface area contributed by atoms with Crippen LogP contribution in [0, 0.1) is 0 Å². The minimum Gasteiger partial charge on any atom is -0.377 e. The molecule has 0 saturated carbocycles. The largest absolute Gasteiger partial charge is 0.377 e. The second-order valence-corrected chi connectivity index (χ2v) is 6.30. The number of aliphatic imine (C=N–C) groups is 1. The van der Waals surface area contributed by atoms with Crippen LogP contribution in [0.5, 0.6) is 0 Å². The summed E-state index contributed by atoms with van der Waals surface area (Å²) in [4.78, 5) is 8.91. The monoisotopic (exact) mass is 460 g/mol. The third kappa shape index (κ3) is 5.67. The Morgan fingerprint density at radius 3 is 3.04 bits per heavy atom. The van der Waals surface area contributed by atoms with Crippen LogP contribution >= 0.6 is 24.0 Å². The SMILES string of the molecule is CCc1nc2n(n1)CC(NC(=NC)NCCC1=CCOCC1)CC2.I. The van der Waals surface area contributed by atoms with E-state index in [2.05, 4.69) is 38.7 Å². The number of nitrogens with one attached hydrogen (secondary N) is 2. The van der Waals surface area contributed by atoms with E-state index in [1.54, 1.807) is 0 Å². The molecule has 3 heterocycles. The predicted octanol–water partition coefficient (Wildman–Crippen LogP) is 1.68. The van der Waals surface area contributed by atoms with Gasteiger partial charge >= 0.3 is 0 Å². The van der Waals surface area contributed by atoms with Gasteiger partial charge in [0, 0.05) is 32.5 Å². The molecule has 140 valence electrons. The number of nitrogens with zero attached hydrogens (tertiary/aromatic N) is 4. The number of aromatic nitrogens is 3. The van der Waals surface area contributed by atoms with Crippen molar-refractivity contribution in [2.75, 3.05) is 26.8 Å². The summed E-state index contributed by atoms with van der Waals surface area (Å²) in [7, 11) is 1.82. The van der Waals surface area contributed by atoms with Crippen LogP contribution in [-0.2, 0) is 24.1 Å². The van der Waals surface area contributed by atoms with E-state index >= 15 is 0 Å². The van der Waals surface area contributed by atoms with Crippen LogP contribution in [0.2, 0.25) is 0 Å². The van der Waals surface area contributed by atoms with E-state index in [1.807, 2.05) is 11.7 Å². The Morgan fingerprint density at radius 2 is 2.32 bits per heavy atom. The molecule has 2 aliphatic heterocycles. The van der Waals surface area contributed by atoms with Gasteiger partial charge in [0.15, 0.2) is 11.8 Å². The lowest BCUT2D eigenvalue weighted by Gasteiger charge is -2.25. The molecule has 0 aliphatic carbocycles. The quantitative estimate of drug-likeness (QED) is 0.303. The van der Waals surface area contributed by atoms with Gasteiger partial charge in [-0.3, -0.25) is 4.99 Å². The summed E-state index contributed by atoms with van der Waals surface area (Å²) in [5.74, 6) is 2.92. The standard InChI is InChI=1S/C17H28N6O.HI/c1-3-15-21-16-5-4-14(12-23(16)22-15)20-17(18-2)19-9-6-13-7-10-24-11-8-13;/h7,14H,3-6,8-12H2,1-2H3,(H2,18,19,20);1H. The smallest absolute Gasteiger partial charge is 0.191 e. The van der Waals surface area contributed by atoms with E-state index < -0.39 is 0 Å². The first-order valence-electron chi connectivity index (χ1n) is 8.94. The topological polar surface area (TPSA) is 76.4 Å². The molecule has 2 aliphatic rings. The van der Waals surface area contributed by atoms with Gasteiger partial charge in [0.1, 0.15) is 5.82 Å². The molecule has 25 heavy (non-hydrogen) atoms. The van der Waals surface area contributed by atoms with Gasteiger partial charge in [-0.05, 0) is 19.3 Å². The maximum absolute atomic E-state index is 5.34. The van der Waals surface area contributed by atoms with Gasteiger partial charge in [-0.2, -0.15) is 5.10 Å². The highest BCUT2D eigenvalue weighted by molar-refractivity contribution is 14.0. The number of rotatable bonds is 5. The van der Waals surface area contributed by atoms with E-state index in [9.17, 15) is 0 Å². The molecule has 8 heteroatoms. The Morgan fingerprint density at radius 1 is 1.44 bits per heavy atom. The molecule has 0 radical (unpaired) electrons. The van der Waals surface area contributed by atoms with Crippen molar-refractivity contribution < 1.29 is 4.74 Å². The zero-order chi connectivity index (χ0) is 16.8. The van der Waals surface area contributed by atoms with E-state index in [4.69, 9.17) is 4.74 Å². The molecule has 0 saturated heterocycles. The molecule has 0 amide bonds. The van der Waals surface area contributed by atoms with Crippen LogP contribution in [0.15, 0.2) is 16.6 Å². The lowest BCUT2D eigenvalue weighted by Crippen LogP contribution is -2.47. The molecular weight excluding hydrogens is 431 g/mol. The molecule has 7 nitrogen and oxygen atoms in total. The van der Waals surface area contributed by atoms with Crippen LogP contribution in [0.25, 0.3) is 0 Å². The van der Waals surface area contributed by atoms with Crippen LogP contribution in [0.4, 0.5) is 0 Å². The van der Waals surface area contributed by atoms with E-state index in [0.29, 0.717) is 6.04 Å². The Hall–Kier alpha value is -1.16. The Bertz CT molecular complexity index is 612. The second-order valence-electron chi connectivity index (χ2n) is 6.30. The Kier molecular flexibility index (Phi) is 8.14. The Labute approximate surface area is 166 Å². The number of hydrogen-bond acceptors (Lipinski definition) is 4. The molecule has 0 bridgehead atoms. The minimum atomic E-state index is 0. The van der Waals surface area contributed by atoms with Gasteiger partial charge in [0.25, 0.3) is 0 Å². The summed E-state index contributed by atoms with van der Waals surface area (Å²) in [5, 5.41) is 11.5. The fourth-order valence-electron chi connectivity index (χ4n) is 3.15. The van der Waals surface area contributed by atoms with E-state index in [-0.39, 0.29) is 24.0 Å². The molecule has 3 rings (SSSR count). The fourth-order valence-corrected chi connectivity index (χ4v) is 3.15. The van der Waals surface area contributed by atoms with Crippen molar-refractivity contribution in [2.45, 2.75) is 51.6 Å². The van der Waals surface area contributed by atoms with Crippen LogP contribution < -0.4 is 10.6 Å². The molecule has 0 aromatic carbocycles. The third-order valence-corrected chi connectivity index (χ3v) is 4.58. The maximum atomic E-state index is 5.34. The maximum Gasteiger partial charge on any atom is 0.191 e. The zero-order valence-electron chi connectivity index (χ0n) is 15.1. The van der Waals surface area contributed by atoms with Crippen molar-refractivity contribution >= 4 is 29.9 Å². The third-order valence-electron chi connectivity index (χ3n) is 4.58. The highest BCUT2D eigenvalue weighted by Gasteiger charge is 2.22. The summed E-state index contributed by atoms with van der Waals surface area (Å²) in [6, 6.07) is 0.345. The highest BCUT2D eigenvalue weighted by Crippen LogP contribution is 2.13. The van der Waals surface area contributed by atoms with Crippen molar-refractivity contribution in [3.8, 4) is 0 Å². The van der Waals surface area contributed by atoms with E-state index in [1.165, 1.54) is 5.57 Å². The summed E-state index contributed by atoms with van der Waals surface area (Å²) < 4.78 is 7.38. The number of hydrogen-bond donors (Lipinski definition) is 2. The van der Waals surface area contributed by atoms with Crippen LogP contribution in [0.1, 0.15) is 37.8 Å². The summed E-state index contributed by atoms with van der Waals surface area (Å²) in [6.07, 6.45) is 7.20. The van der Waals surface area contributed by atoms with Gasteiger partial charge < -0.3 is 15.4 Å². The van der Waals surface area contributed by atoms with Crippen molar-refractivity contribution in [1.82, 2.24) is 25.4 Å². The van der Waals surface area contributed by atoms with E-state index in [0.717, 1.165) is 76.0 Å². The Balaban J connectivity index is 0.00000225. The number of fused-ring (bicyclic) bond motifs is 1.